The minimum atomic E-state index is -1.54. The summed E-state index contributed by atoms with van der Waals surface area (Å²) in [6.45, 7) is 4.43. The van der Waals surface area contributed by atoms with Crippen molar-refractivity contribution in [3.8, 4) is 0 Å². The van der Waals surface area contributed by atoms with E-state index < -0.39 is 43.4 Å². The van der Waals surface area contributed by atoms with Gasteiger partial charge >= 0.3 is 5.97 Å². The second kappa shape index (κ2) is 53.2. The summed E-state index contributed by atoms with van der Waals surface area (Å²) < 4.78 is 23.0. The van der Waals surface area contributed by atoms with E-state index >= 15 is 0 Å². The largest absolute Gasteiger partial charge is 0.457 e. The summed E-state index contributed by atoms with van der Waals surface area (Å²) >= 11 is 0. The number of hydrogen-bond acceptors (Lipinski definition) is 9. The molecule has 1 aliphatic heterocycles. The minimum absolute atomic E-state index is 0.120. The first-order valence-corrected chi connectivity index (χ1v) is 29.7. The van der Waals surface area contributed by atoms with Crippen LogP contribution in [-0.4, -0.2) is 89.6 Å². The molecule has 1 saturated heterocycles. The maximum absolute atomic E-state index is 12.9. The first kappa shape index (κ1) is 67.4. The van der Waals surface area contributed by atoms with Crippen molar-refractivity contribution in [2.75, 3.05) is 26.4 Å². The van der Waals surface area contributed by atoms with Gasteiger partial charge in [0.05, 0.1) is 19.8 Å². The fourth-order valence-corrected chi connectivity index (χ4v) is 8.73. The Morgan fingerprint density at radius 2 is 0.847 bits per heavy atom. The molecular weight excluding hydrogens is 901 g/mol. The second-order valence-electron chi connectivity index (χ2n) is 20.1. The van der Waals surface area contributed by atoms with Crippen molar-refractivity contribution < 1.29 is 44.2 Å². The Kier molecular flexibility index (Phi) is 49.8. The van der Waals surface area contributed by atoms with Crippen LogP contribution in [0.15, 0.2) is 85.1 Å². The highest BCUT2D eigenvalue weighted by atomic mass is 16.7. The van der Waals surface area contributed by atoms with Gasteiger partial charge in [-0.15, -0.1) is 0 Å². The summed E-state index contributed by atoms with van der Waals surface area (Å²) in [5.41, 5.74) is 0. The van der Waals surface area contributed by atoms with Gasteiger partial charge in [-0.2, -0.15) is 0 Å². The average molecular weight is 1010 g/mol. The van der Waals surface area contributed by atoms with Crippen LogP contribution < -0.4 is 0 Å². The first-order valence-electron chi connectivity index (χ1n) is 29.7. The van der Waals surface area contributed by atoms with E-state index in [1.54, 1.807) is 0 Å². The maximum atomic E-state index is 12.9. The molecule has 0 saturated carbocycles. The van der Waals surface area contributed by atoms with Crippen molar-refractivity contribution in [1.29, 1.82) is 0 Å². The molecule has 6 atom stereocenters. The molecule has 9 heteroatoms. The molecular formula is C63H110O9. The predicted molar refractivity (Wildman–Crippen MR) is 302 cm³/mol. The molecule has 0 bridgehead atoms. The van der Waals surface area contributed by atoms with E-state index in [4.69, 9.17) is 18.9 Å². The van der Waals surface area contributed by atoms with Crippen molar-refractivity contribution in [3.63, 3.8) is 0 Å². The Balaban J connectivity index is 2.16. The van der Waals surface area contributed by atoms with E-state index in [0.717, 1.165) is 83.5 Å². The molecule has 1 rings (SSSR count). The minimum Gasteiger partial charge on any atom is -0.457 e. The summed E-state index contributed by atoms with van der Waals surface area (Å²) in [5.74, 6) is -0.318. The van der Waals surface area contributed by atoms with Crippen LogP contribution in [0.25, 0.3) is 0 Å². The smallest absolute Gasteiger partial charge is 0.306 e. The van der Waals surface area contributed by atoms with Gasteiger partial charge in [-0.25, -0.2) is 0 Å². The third-order valence-corrected chi connectivity index (χ3v) is 13.3. The summed E-state index contributed by atoms with van der Waals surface area (Å²) in [6.07, 6.45) is 66.3. The number of rotatable bonds is 51. The lowest BCUT2D eigenvalue weighted by Crippen LogP contribution is -2.59. The molecule has 0 radical (unpaired) electrons. The summed E-state index contributed by atoms with van der Waals surface area (Å²) in [7, 11) is 0. The highest BCUT2D eigenvalue weighted by molar-refractivity contribution is 5.69. The zero-order valence-corrected chi connectivity index (χ0v) is 46.2. The van der Waals surface area contributed by atoms with Crippen LogP contribution >= 0.6 is 0 Å². The number of hydrogen-bond donors (Lipinski definition) is 4. The summed E-state index contributed by atoms with van der Waals surface area (Å²) in [5, 5.41) is 40.4. The molecule has 1 aliphatic rings. The molecule has 1 fully saturated rings. The normalized spacial score (nSPS) is 19.3. The molecule has 0 aliphatic carbocycles. The van der Waals surface area contributed by atoms with Gasteiger partial charge in [0.25, 0.3) is 0 Å². The maximum Gasteiger partial charge on any atom is 0.306 e. The quantitative estimate of drug-likeness (QED) is 0.0267. The van der Waals surface area contributed by atoms with Crippen molar-refractivity contribution in [2.45, 2.75) is 282 Å². The lowest BCUT2D eigenvalue weighted by atomic mass is 9.99. The second-order valence-corrected chi connectivity index (χ2v) is 20.1. The molecule has 416 valence electrons. The van der Waals surface area contributed by atoms with Gasteiger partial charge in [-0.3, -0.25) is 4.79 Å². The Bertz CT molecular complexity index is 1380. The highest BCUT2D eigenvalue weighted by Gasteiger charge is 2.44. The number of unbranched alkanes of at least 4 members (excludes halogenated alkanes) is 26. The van der Waals surface area contributed by atoms with Crippen LogP contribution in [0.5, 0.6) is 0 Å². The van der Waals surface area contributed by atoms with Crippen molar-refractivity contribution in [1.82, 2.24) is 0 Å². The van der Waals surface area contributed by atoms with E-state index in [1.165, 1.54) is 141 Å². The van der Waals surface area contributed by atoms with Crippen LogP contribution in [0.3, 0.4) is 0 Å². The zero-order chi connectivity index (χ0) is 52.1. The van der Waals surface area contributed by atoms with Crippen molar-refractivity contribution in [2.24, 2.45) is 0 Å². The molecule has 0 amide bonds. The Hall–Kier alpha value is -2.63. The van der Waals surface area contributed by atoms with Gasteiger partial charge < -0.3 is 39.4 Å². The van der Waals surface area contributed by atoms with Crippen LogP contribution in [0, 0.1) is 0 Å². The fourth-order valence-electron chi connectivity index (χ4n) is 8.73. The van der Waals surface area contributed by atoms with Crippen LogP contribution in [0.2, 0.25) is 0 Å². The fraction of sp³-hybridized carbons (Fsp3) is 0.762. The van der Waals surface area contributed by atoms with Gasteiger partial charge in [0.1, 0.15) is 30.5 Å². The van der Waals surface area contributed by atoms with Gasteiger partial charge in [-0.05, 0) is 89.9 Å². The van der Waals surface area contributed by atoms with E-state index in [0.29, 0.717) is 13.0 Å². The molecule has 1 heterocycles. The lowest BCUT2D eigenvalue weighted by Gasteiger charge is -2.39. The van der Waals surface area contributed by atoms with Gasteiger partial charge in [-0.1, -0.05) is 234 Å². The number of aliphatic hydroxyl groups excluding tert-OH is 4. The molecule has 72 heavy (non-hydrogen) atoms. The molecule has 0 aromatic rings. The van der Waals surface area contributed by atoms with Crippen molar-refractivity contribution >= 4 is 5.97 Å². The lowest BCUT2D eigenvalue weighted by molar-refractivity contribution is -0.305. The van der Waals surface area contributed by atoms with Gasteiger partial charge in [0.15, 0.2) is 6.29 Å². The monoisotopic (exact) mass is 1010 g/mol. The number of ether oxygens (including phenoxy) is 4. The number of esters is 1. The Morgan fingerprint density at radius 3 is 1.28 bits per heavy atom. The molecule has 0 spiro atoms. The number of carbonyl (C=O) groups is 1. The predicted octanol–water partition coefficient (Wildman–Crippen LogP) is 15.7. The van der Waals surface area contributed by atoms with Crippen LogP contribution in [0.1, 0.15) is 245 Å². The van der Waals surface area contributed by atoms with Gasteiger partial charge in [0, 0.05) is 13.0 Å². The Morgan fingerprint density at radius 1 is 0.458 bits per heavy atom. The number of carbonyl (C=O) groups excluding carboxylic acids is 1. The van der Waals surface area contributed by atoms with Gasteiger partial charge in [0.2, 0.25) is 0 Å². The summed E-state index contributed by atoms with van der Waals surface area (Å²) in [6, 6.07) is 0. The Labute approximate surface area is 441 Å². The molecule has 6 unspecified atom stereocenters. The van der Waals surface area contributed by atoms with Crippen molar-refractivity contribution in [3.05, 3.63) is 85.1 Å². The van der Waals surface area contributed by atoms with E-state index in [9.17, 15) is 25.2 Å². The van der Waals surface area contributed by atoms with E-state index in [2.05, 4.69) is 98.9 Å². The average Bonchev–Trinajstić information content (AvgIpc) is 3.38. The first-order chi connectivity index (χ1) is 35.4. The third kappa shape index (κ3) is 42.7. The third-order valence-electron chi connectivity index (χ3n) is 13.3. The zero-order valence-electron chi connectivity index (χ0n) is 46.2. The molecule has 9 nitrogen and oxygen atoms in total. The number of aliphatic hydroxyl groups is 4. The highest BCUT2D eigenvalue weighted by Crippen LogP contribution is 2.23. The summed E-state index contributed by atoms with van der Waals surface area (Å²) in [4.78, 5) is 12.9. The SMILES string of the molecule is CC/C=C\C/C=C\C/C=C\C/C=C\C/C=C\CCCCCCCCCCOCC(COC1OC(CO)C(O)C(O)C1O)OC(=O)CCCCCCCCCCCCCCC/C=C\C/C=C\CCCCCCC. The van der Waals surface area contributed by atoms with Crippen LogP contribution in [0.4, 0.5) is 0 Å². The molecule has 4 N–H and O–H groups in total. The molecule has 0 aromatic carbocycles. The van der Waals surface area contributed by atoms with Crippen LogP contribution in [-0.2, 0) is 23.7 Å². The topological polar surface area (TPSA) is 135 Å². The number of allylic oxidation sites excluding steroid dienone is 14. The molecule has 0 aromatic heterocycles. The van der Waals surface area contributed by atoms with E-state index in [-0.39, 0.29) is 19.2 Å². The standard InChI is InChI=1S/C63H110O9/c1-3-5-7-9-11-13-15-17-19-21-23-25-27-29-30-32-34-36-38-40-42-44-46-48-50-52-59(65)71-57(56-70-63-62(68)61(67)60(66)58(54-64)72-63)55-69-53-51-49-47-45-43-41-39-37-35-33-31-28-26-24-22-20-18-16-14-12-10-8-6-4-2/h6,8,12,14-15,17-18,20-21,23-24,26,31,33,57-58,60-64,66-68H,3-5,7,9-11,13,16,19,22,25,27-30,32,34-56H2,1-2H3/b8-6-,14-12-,17-15-,20-18-,23-21-,26-24-,33-31-. The van der Waals surface area contributed by atoms with E-state index in [1.807, 2.05) is 0 Å².